The predicted octanol–water partition coefficient (Wildman–Crippen LogP) is 2.76. The molecule has 1 saturated heterocycles. The molecular formula is C22H28N4O5. The molecule has 166 valence electrons. The molecule has 2 aromatic carbocycles. The van der Waals surface area contributed by atoms with Crippen LogP contribution in [0.5, 0.6) is 11.5 Å². The fourth-order valence-electron chi connectivity index (χ4n) is 3.64. The first kappa shape index (κ1) is 22.4. The van der Waals surface area contributed by atoms with Crippen molar-refractivity contribution in [2.45, 2.75) is 13.0 Å². The number of hydrogen-bond donors (Lipinski definition) is 1. The lowest BCUT2D eigenvalue weighted by Gasteiger charge is -2.35. The SMILES string of the molecule is COc1ccc(CN2CCN(C(=O)CCNc3ccccc3[N+](=O)[O-])CC2)cc1OC. The largest absolute Gasteiger partial charge is 0.493 e. The summed E-state index contributed by atoms with van der Waals surface area (Å²) in [5, 5.41) is 14.1. The summed E-state index contributed by atoms with van der Waals surface area (Å²) in [5.41, 5.74) is 1.57. The second-order valence-corrected chi connectivity index (χ2v) is 7.30. The Bertz CT molecular complexity index is 913. The molecule has 0 radical (unpaired) electrons. The zero-order valence-electron chi connectivity index (χ0n) is 17.9. The number of piperazine rings is 1. The average Bonchev–Trinajstić information content (AvgIpc) is 2.79. The van der Waals surface area contributed by atoms with Crippen LogP contribution in [-0.2, 0) is 11.3 Å². The molecule has 1 amide bonds. The highest BCUT2D eigenvalue weighted by Crippen LogP contribution is 2.28. The van der Waals surface area contributed by atoms with E-state index in [-0.39, 0.29) is 11.6 Å². The Morgan fingerprint density at radius 3 is 2.45 bits per heavy atom. The number of rotatable bonds is 9. The van der Waals surface area contributed by atoms with Gasteiger partial charge in [0.15, 0.2) is 11.5 Å². The maximum Gasteiger partial charge on any atom is 0.292 e. The molecule has 0 saturated carbocycles. The van der Waals surface area contributed by atoms with Crippen molar-refractivity contribution in [1.82, 2.24) is 9.80 Å². The smallest absolute Gasteiger partial charge is 0.292 e. The van der Waals surface area contributed by atoms with Crippen LogP contribution in [0.2, 0.25) is 0 Å². The van der Waals surface area contributed by atoms with Gasteiger partial charge in [0, 0.05) is 51.8 Å². The van der Waals surface area contributed by atoms with Crippen LogP contribution in [0.25, 0.3) is 0 Å². The van der Waals surface area contributed by atoms with E-state index in [4.69, 9.17) is 9.47 Å². The van der Waals surface area contributed by atoms with Crippen LogP contribution in [0.3, 0.4) is 0 Å². The molecule has 0 unspecified atom stereocenters. The van der Waals surface area contributed by atoms with Gasteiger partial charge in [-0.2, -0.15) is 0 Å². The Hall–Kier alpha value is -3.33. The van der Waals surface area contributed by atoms with Gasteiger partial charge in [0.25, 0.3) is 5.69 Å². The first-order chi connectivity index (χ1) is 15.0. The van der Waals surface area contributed by atoms with Gasteiger partial charge in [0.2, 0.25) is 5.91 Å². The maximum atomic E-state index is 12.5. The Kier molecular flexibility index (Phi) is 7.66. The Balaban J connectivity index is 1.44. The summed E-state index contributed by atoms with van der Waals surface area (Å²) in [6.07, 6.45) is 0.293. The molecule has 0 aromatic heterocycles. The van der Waals surface area contributed by atoms with Gasteiger partial charge in [-0.1, -0.05) is 18.2 Å². The molecule has 0 aliphatic carbocycles. The normalized spacial score (nSPS) is 14.2. The van der Waals surface area contributed by atoms with Gasteiger partial charge in [-0.25, -0.2) is 0 Å². The summed E-state index contributed by atoms with van der Waals surface area (Å²) >= 11 is 0. The van der Waals surface area contributed by atoms with Crippen LogP contribution in [0.1, 0.15) is 12.0 Å². The van der Waals surface area contributed by atoms with E-state index in [1.54, 1.807) is 32.4 Å². The number of nitrogens with one attached hydrogen (secondary N) is 1. The van der Waals surface area contributed by atoms with Gasteiger partial charge in [-0.3, -0.25) is 19.8 Å². The molecule has 1 aliphatic rings. The monoisotopic (exact) mass is 428 g/mol. The third-order valence-electron chi connectivity index (χ3n) is 5.33. The molecule has 1 fully saturated rings. The number of carbonyl (C=O) groups is 1. The van der Waals surface area contributed by atoms with Gasteiger partial charge in [-0.15, -0.1) is 0 Å². The van der Waals surface area contributed by atoms with E-state index in [0.29, 0.717) is 43.2 Å². The number of para-hydroxylation sites is 2. The van der Waals surface area contributed by atoms with Crippen LogP contribution < -0.4 is 14.8 Å². The molecule has 2 aromatic rings. The van der Waals surface area contributed by atoms with Crippen molar-refractivity contribution >= 4 is 17.3 Å². The number of nitro benzene ring substituents is 1. The number of ether oxygens (including phenoxy) is 2. The van der Waals surface area contributed by atoms with E-state index < -0.39 is 4.92 Å². The van der Waals surface area contributed by atoms with Crippen LogP contribution in [-0.4, -0.2) is 67.6 Å². The van der Waals surface area contributed by atoms with Gasteiger partial charge in [-0.05, 0) is 23.8 Å². The fraction of sp³-hybridized carbons (Fsp3) is 0.409. The van der Waals surface area contributed by atoms with Crippen LogP contribution in [0.15, 0.2) is 42.5 Å². The van der Waals surface area contributed by atoms with Gasteiger partial charge in [0.1, 0.15) is 5.69 Å². The zero-order valence-corrected chi connectivity index (χ0v) is 17.9. The standard InChI is InChI=1S/C22H28N4O5/c1-30-20-8-7-17(15-21(20)31-2)16-24-11-13-25(14-12-24)22(27)9-10-23-18-5-3-4-6-19(18)26(28)29/h3-8,15,23H,9-14,16H2,1-2H3. The summed E-state index contributed by atoms with van der Waals surface area (Å²) in [6, 6.07) is 12.3. The number of carbonyl (C=O) groups excluding carboxylic acids is 1. The highest BCUT2D eigenvalue weighted by atomic mass is 16.6. The first-order valence-electron chi connectivity index (χ1n) is 10.2. The number of hydrogen-bond acceptors (Lipinski definition) is 7. The number of nitro groups is 1. The lowest BCUT2D eigenvalue weighted by Crippen LogP contribution is -2.48. The van der Waals surface area contributed by atoms with Crippen molar-refractivity contribution in [2.75, 3.05) is 52.3 Å². The number of benzene rings is 2. The minimum atomic E-state index is -0.429. The first-order valence-corrected chi connectivity index (χ1v) is 10.2. The lowest BCUT2D eigenvalue weighted by molar-refractivity contribution is -0.384. The molecule has 1 aliphatic heterocycles. The van der Waals surface area contributed by atoms with Crippen molar-refractivity contribution in [1.29, 1.82) is 0 Å². The molecule has 0 spiro atoms. The van der Waals surface area contributed by atoms with Crippen LogP contribution in [0, 0.1) is 10.1 Å². The zero-order chi connectivity index (χ0) is 22.2. The van der Waals surface area contributed by atoms with E-state index in [2.05, 4.69) is 10.2 Å². The predicted molar refractivity (Wildman–Crippen MR) is 118 cm³/mol. The summed E-state index contributed by atoms with van der Waals surface area (Å²) in [6.45, 7) is 4.04. The van der Waals surface area contributed by atoms with Crippen molar-refractivity contribution in [3.63, 3.8) is 0 Å². The molecule has 0 atom stereocenters. The van der Waals surface area contributed by atoms with Crippen LogP contribution >= 0.6 is 0 Å². The molecule has 31 heavy (non-hydrogen) atoms. The number of methoxy groups -OCH3 is 2. The third-order valence-corrected chi connectivity index (χ3v) is 5.33. The molecule has 0 bridgehead atoms. The molecule has 3 rings (SSSR count). The summed E-state index contributed by atoms with van der Waals surface area (Å²) in [7, 11) is 3.24. The number of nitrogens with zero attached hydrogens (tertiary/aromatic N) is 3. The van der Waals surface area contributed by atoms with E-state index >= 15 is 0 Å². The Labute approximate surface area is 181 Å². The van der Waals surface area contributed by atoms with Crippen molar-refractivity contribution < 1.29 is 19.2 Å². The van der Waals surface area contributed by atoms with E-state index in [1.165, 1.54) is 6.07 Å². The molecule has 1 N–H and O–H groups in total. The molecular weight excluding hydrogens is 400 g/mol. The Morgan fingerprint density at radius 2 is 1.77 bits per heavy atom. The topological polar surface area (TPSA) is 97.2 Å². The van der Waals surface area contributed by atoms with Crippen molar-refractivity contribution in [3.05, 3.63) is 58.1 Å². The second-order valence-electron chi connectivity index (χ2n) is 7.30. The van der Waals surface area contributed by atoms with Gasteiger partial charge >= 0.3 is 0 Å². The minimum Gasteiger partial charge on any atom is -0.493 e. The van der Waals surface area contributed by atoms with Crippen LogP contribution in [0.4, 0.5) is 11.4 Å². The maximum absolute atomic E-state index is 12.5. The summed E-state index contributed by atoms with van der Waals surface area (Å²) < 4.78 is 10.6. The molecule has 9 heteroatoms. The second kappa shape index (κ2) is 10.6. The fourth-order valence-corrected chi connectivity index (χ4v) is 3.64. The molecule has 1 heterocycles. The summed E-state index contributed by atoms with van der Waals surface area (Å²) in [4.78, 5) is 27.3. The van der Waals surface area contributed by atoms with Gasteiger partial charge in [0.05, 0.1) is 19.1 Å². The summed E-state index contributed by atoms with van der Waals surface area (Å²) in [5.74, 6) is 1.47. The quantitative estimate of drug-likeness (QED) is 0.484. The Morgan fingerprint density at radius 1 is 1.06 bits per heavy atom. The minimum absolute atomic E-state index is 0.0127. The lowest BCUT2D eigenvalue weighted by atomic mass is 10.1. The van der Waals surface area contributed by atoms with Crippen molar-refractivity contribution in [2.24, 2.45) is 0 Å². The van der Waals surface area contributed by atoms with E-state index in [0.717, 1.165) is 25.2 Å². The van der Waals surface area contributed by atoms with E-state index in [9.17, 15) is 14.9 Å². The average molecular weight is 428 g/mol. The van der Waals surface area contributed by atoms with Gasteiger partial charge < -0.3 is 19.7 Å². The third kappa shape index (κ3) is 5.85. The van der Waals surface area contributed by atoms with E-state index in [1.807, 2.05) is 23.1 Å². The molecule has 9 nitrogen and oxygen atoms in total. The highest BCUT2D eigenvalue weighted by molar-refractivity contribution is 5.77. The number of amides is 1. The van der Waals surface area contributed by atoms with Crippen molar-refractivity contribution in [3.8, 4) is 11.5 Å². The highest BCUT2D eigenvalue weighted by Gasteiger charge is 2.21. The number of anilines is 1.